The van der Waals surface area contributed by atoms with E-state index in [9.17, 15) is 9.90 Å². The number of nitrogens with zero attached hydrogens (tertiary/aromatic N) is 1. The predicted molar refractivity (Wildman–Crippen MR) is 70.1 cm³/mol. The third-order valence-electron chi connectivity index (χ3n) is 3.25. The molecule has 0 radical (unpaired) electrons. The van der Waals surface area contributed by atoms with Gasteiger partial charge in [-0.25, -0.2) is 0 Å². The molecule has 1 heterocycles. The van der Waals surface area contributed by atoms with Gasteiger partial charge in [0.25, 0.3) is 0 Å². The monoisotopic (exact) mass is 258 g/mol. The van der Waals surface area contributed by atoms with Crippen LogP contribution in [0.1, 0.15) is 39.5 Å². The second-order valence-electron chi connectivity index (χ2n) is 5.35. The Balaban J connectivity index is 2.38. The molecule has 0 aliphatic carbocycles. The van der Waals surface area contributed by atoms with Crippen molar-refractivity contribution in [1.82, 2.24) is 4.90 Å². The molecule has 18 heavy (non-hydrogen) atoms. The number of aliphatic hydroxyl groups excluding tert-OH is 1. The highest BCUT2D eigenvalue weighted by Gasteiger charge is 2.25. The van der Waals surface area contributed by atoms with Crippen molar-refractivity contribution in [3.63, 3.8) is 0 Å². The van der Waals surface area contributed by atoms with E-state index in [1.807, 2.05) is 13.8 Å². The first-order valence-electron chi connectivity index (χ1n) is 6.81. The molecule has 2 unspecified atom stereocenters. The summed E-state index contributed by atoms with van der Waals surface area (Å²) in [5.41, 5.74) is 5.26. The van der Waals surface area contributed by atoms with Crippen LogP contribution in [0.15, 0.2) is 0 Å². The van der Waals surface area contributed by atoms with E-state index in [2.05, 4.69) is 4.90 Å². The van der Waals surface area contributed by atoms with Crippen LogP contribution in [0.3, 0.4) is 0 Å². The number of likely N-dealkylation sites (tertiary alicyclic amines) is 1. The van der Waals surface area contributed by atoms with Crippen molar-refractivity contribution in [1.29, 1.82) is 0 Å². The summed E-state index contributed by atoms with van der Waals surface area (Å²) in [5, 5.41) is 9.92. The molecule has 0 spiro atoms. The number of ether oxygens (including phenoxy) is 1. The van der Waals surface area contributed by atoms with E-state index in [1.165, 1.54) is 0 Å². The van der Waals surface area contributed by atoms with Gasteiger partial charge in [0.15, 0.2) is 0 Å². The molecule has 2 atom stereocenters. The van der Waals surface area contributed by atoms with Crippen molar-refractivity contribution in [2.75, 3.05) is 19.7 Å². The van der Waals surface area contributed by atoms with Crippen LogP contribution in [0.5, 0.6) is 0 Å². The number of amides is 1. The van der Waals surface area contributed by atoms with Crippen molar-refractivity contribution in [3.05, 3.63) is 0 Å². The van der Waals surface area contributed by atoms with Gasteiger partial charge in [0, 0.05) is 19.0 Å². The van der Waals surface area contributed by atoms with Crippen molar-refractivity contribution < 1.29 is 14.6 Å². The molecule has 5 heteroatoms. The highest BCUT2D eigenvalue weighted by molar-refractivity contribution is 5.74. The Hall–Kier alpha value is -0.650. The Bertz CT molecular complexity index is 259. The number of rotatable bonds is 7. The molecule has 5 nitrogen and oxygen atoms in total. The first-order chi connectivity index (χ1) is 8.49. The van der Waals surface area contributed by atoms with Gasteiger partial charge in [-0.15, -0.1) is 0 Å². The van der Waals surface area contributed by atoms with Gasteiger partial charge in [-0.05, 0) is 33.2 Å². The van der Waals surface area contributed by atoms with E-state index in [0.29, 0.717) is 19.6 Å². The van der Waals surface area contributed by atoms with Crippen LogP contribution in [-0.4, -0.2) is 53.9 Å². The first-order valence-corrected chi connectivity index (χ1v) is 6.81. The smallest absolute Gasteiger partial charge is 0.218 e. The van der Waals surface area contributed by atoms with Crippen LogP contribution < -0.4 is 5.73 Å². The van der Waals surface area contributed by atoms with Crippen LogP contribution >= 0.6 is 0 Å². The van der Waals surface area contributed by atoms with Crippen LogP contribution in [0.25, 0.3) is 0 Å². The van der Waals surface area contributed by atoms with Gasteiger partial charge in [0.1, 0.15) is 0 Å². The molecule has 1 amide bonds. The highest BCUT2D eigenvalue weighted by Crippen LogP contribution is 2.19. The quantitative estimate of drug-likeness (QED) is 0.697. The molecule has 106 valence electrons. The van der Waals surface area contributed by atoms with Crippen molar-refractivity contribution in [2.24, 2.45) is 5.73 Å². The second kappa shape index (κ2) is 7.71. The number of nitrogens with two attached hydrogens (primary N) is 1. The van der Waals surface area contributed by atoms with Gasteiger partial charge in [0.05, 0.1) is 18.8 Å². The maximum atomic E-state index is 11.0. The Morgan fingerprint density at radius 3 is 2.83 bits per heavy atom. The molecule has 1 fully saturated rings. The molecule has 0 aromatic rings. The molecule has 0 saturated carbocycles. The molecule has 1 rings (SSSR count). The van der Waals surface area contributed by atoms with Gasteiger partial charge in [0.2, 0.25) is 5.91 Å². The average Bonchev–Trinajstić information content (AvgIpc) is 2.28. The van der Waals surface area contributed by atoms with E-state index >= 15 is 0 Å². The number of carbonyl (C=O) groups excluding carboxylic acids is 1. The molecule has 0 bridgehead atoms. The molecular formula is C13H26N2O3. The minimum Gasteiger partial charge on any atom is -0.389 e. The summed E-state index contributed by atoms with van der Waals surface area (Å²) in [5.74, 6) is -0.264. The largest absolute Gasteiger partial charge is 0.389 e. The fourth-order valence-corrected chi connectivity index (χ4v) is 2.39. The Labute approximate surface area is 109 Å². The van der Waals surface area contributed by atoms with Gasteiger partial charge in [-0.3, -0.25) is 9.69 Å². The van der Waals surface area contributed by atoms with Gasteiger partial charge in [-0.1, -0.05) is 6.42 Å². The summed E-state index contributed by atoms with van der Waals surface area (Å²) in [6, 6.07) is 0.185. The summed E-state index contributed by atoms with van der Waals surface area (Å²) in [4.78, 5) is 13.2. The second-order valence-corrected chi connectivity index (χ2v) is 5.35. The number of aliphatic hydroxyl groups is 1. The number of hydrogen-bond acceptors (Lipinski definition) is 4. The number of β-amino-alcohol motifs (C(OH)–C–C–N with tert-alkyl or cyclic N) is 1. The molecular weight excluding hydrogens is 232 g/mol. The van der Waals surface area contributed by atoms with Gasteiger partial charge >= 0.3 is 0 Å². The van der Waals surface area contributed by atoms with Crippen molar-refractivity contribution >= 4 is 5.91 Å². The van der Waals surface area contributed by atoms with Crippen LogP contribution in [-0.2, 0) is 9.53 Å². The van der Waals surface area contributed by atoms with Gasteiger partial charge < -0.3 is 15.6 Å². The summed E-state index contributed by atoms with van der Waals surface area (Å²) >= 11 is 0. The van der Waals surface area contributed by atoms with Crippen molar-refractivity contribution in [3.8, 4) is 0 Å². The minimum atomic E-state index is -0.499. The number of hydrogen-bond donors (Lipinski definition) is 2. The topological polar surface area (TPSA) is 75.8 Å². The highest BCUT2D eigenvalue weighted by atomic mass is 16.5. The maximum Gasteiger partial charge on any atom is 0.218 e. The SMILES string of the molecule is CC(C)OCC(O)CN1CCCCC1CC(N)=O. The summed E-state index contributed by atoms with van der Waals surface area (Å²) < 4.78 is 5.39. The lowest BCUT2D eigenvalue weighted by Gasteiger charge is -2.36. The molecule has 0 aromatic carbocycles. The normalized spacial score (nSPS) is 23.2. The lowest BCUT2D eigenvalue weighted by Crippen LogP contribution is -2.46. The number of carbonyl (C=O) groups is 1. The third-order valence-corrected chi connectivity index (χ3v) is 3.25. The molecule has 3 N–H and O–H groups in total. The van der Waals surface area contributed by atoms with E-state index in [1.54, 1.807) is 0 Å². The Kier molecular flexibility index (Phi) is 6.60. The standard InChI is InChI=1S/C13H26N2O3/c1-10(2)18-9-12(16)8-15-6-4-3-5-11(15)7-13(14)17/h10-12,16H,3-9H2,1-2H3,(H2,14,17). The summed E-state index contributed by atoms with van der Waals surface area (Å²) in [6.45, 7) is 5.73. The van der Waals surface area contributed by atoms with E-state index in [0.717, 1.165) is 25.8 Å². The molecule has 1 aliphatic heterocycles. The average molecular weight is 258 g/mol. The minimum absolute atomic E-state index is 0.127. The van der Waals surface area contributed by atoms with E-state index in [4.69, 9.17) is 10.5 Å². The molecule has 1 saturated heterocycles. The molecule has 0 aromatic heterocycles. The van der Waals surface area contributed by atoms with E-state index < -0.39 is 6.10 Å². The zero-order chi connectivity index (χ0) is 13.5. The fourth-order valence-electron chi connectivity index (χ4n) is 2.39. The van der Waals surface area contributed by atoms with Gasteiger partial charge in [-0.2, -0.15) is 0 Å². The van der Waals surface area contributed by atoms with Crippen molar-refractivity contribution in [2.45, 2.75) is 57.8 Å². The zero-order valence-electron chi connectivity index (χ0n) is 11.5. The Morgan fingerprint density at radius 1 is 1.50 bits per heavy atom. The third kappa shape index (κ3) is 5.80. The molecule has 1 aliphatic rings. The lowest BCUT2D eigenvalue weighted by molar-refractivity contribution is -0.119. The zero-order valence-corrected chi connectivity index (χ0v) is 11.5. The maximum absolute atomic E-state index is 11.0. The Morgan fingerprint density at radius 2 is 2.22 bits per heavy atom. The predicted octanol–water partition coefficient (Wildman–Crippen LogP) is 0.502. The lowest BCUT2D eigenvalue weighted by atomic mass is 9.98. The van der Waals surface area contributed by atoms with Crippen LogP contribution in [0.4, 0.5) is 0 Å². The van der Waals surface area contributed by atoms with E-state index in [-0.39, 0.29) is 18.1 Å². The number of piperidine rings is 1. The van der Waals surface area contributed by atoms with Crippen LogP contribution in [0.2, 0.25) is 0 Å². The fraction of sp³-hybridized carbons (Fsp3) is 0.923. The summed E-state index contributed by atoms with van der Waals surface area (Å²) in [7, 11) is 0. The van der Waals surface area contributed by atoms with Crippen LogP contribution in [0, 0.1) is 0 Å². The number of primary amides is 1. The first kappa shape index (κ1) is 15.4. The summed E-state index contributed by atoms with van der Waals surface area (Å²) in [6.07, 6.45) is 3.25.